The summed E-state index contributed by atoms with van der Waals surface area (Å²) in [4.78, 5) is 25.8. The van der Waals surface area contributed by atoms with Crippen molar-refractivity contribution in [2.24, 2.45) is 0 Å². The molecule has 1 aromatic carbocycles. The highest BCUT2D eigenvalue weighted by atomic mass is 32.1. The molecule has 5 nitrogen and oxygen atoms in total. The highest BCUT2D eigenvalue weighted by molar-refractivity contribution is 7.12. The Kier molecular flexibility index (Phi) is 5.16. The Labute approximate surface area is 132 Å². The molecule has 0 unspecified atom stereocenters. The summed E-state index contributed by atoms with van der Waals surface area (Å²) in [7, 11) is 1.53. The van der Waals surface area contributed by atoms with Gasteiger partial charge in [0.1, 0.15) is 11.8 Å². The van der Waals surface area contributed by atoms with Crippen molar-refractivity contribution < 1.29 is 19.4 Å². The van der Waals surface area contributed by atoms with Gasteiger partial charge in [0, 0.05) is 18.0 Å². The molecule has 1 aromatic heterocycles. The molecule has 0 aliphatic heterocycles. The lowest BCUT2D eigenvalue weighted by Gasteiger charge is -2.26. The number of carboxylic acids is 1. The van der Waals surface area contributed by atoms with Crippen molar-refractivity contribution in [1.82, 2.24) is 4.90 Å². The van der Waals surface area contributed by atoms with Gasteiger partial charge in [-0.05, 0) is 12.5 Å². The maximum absolute atomic E-state index is 12.6. The first-order chi connectivity index (χ1) is 10.5. The number of nitrogens with zero attached hydrogens (tertiary/aromatic N) is 1. The number of thiophene rings is 1. The zero-order valence-corrected chi connectivity index (χ0v) is 13.2. The van der Waals surface area contributed by atoms with Gasteiger partial charge < -0.3 is 14.7 Å². The van der Waals surface area contributed by atoms with E-state index >= 15 is 0 Å². The van der Waals surface area contributed by atoms with Crippen LogP contribution < -0.4 is 4.74 Å². The van der Waals surface area contributed by atoms with Crippen LogP contribution in [0.3, 0.4) is 0 Å². The van der Waals surface area contributed by atoms with Gasteiger partial charge in [-0.15, -0.1) is 11.3 Å². The Bertz CT molecular complexity index is 653. The Morgan fingerprint density at radius 2 is 2.00 bits per heavy atom. The maximum atomic E-state index is 12.6. The molecule has 0 aliphatic rings. The van der Waals surface area contributed by atoms with Crippen molar-refractivity contribution in [2.45, 2.75) is 19.5 Å². The predicted octanol–water partition coefficient (Wildman–Crippen LogP) is 2.87. The molecule has 6 heteroatoms. The molecule has 1 atom stereocenters. The van der Waals surface area contributed by atoms with E-state index in [1.54, 1.807) is 11.4 Å². The first kappa shape index (κ1) is 16.0. The van der Waals surface area contributed by atoms with Crippen LogP contribution in [0.2, 0.25) is 0 Å². The van der Waals surface area contributed by atoms with Crippen molar-refractivity contribution in [3.8, 4) is 5.75 Å². The first-order valence-electron chi connectivity index (χ1n) is 6.73. The molecule has 22 heavy (non-hydrogen) atoms. The lowest BCUT2D eigenvalue weighted by molar-refractivity contribution is -0.141. The summed E-state index contributed by atoms with van der Waals surface area (Å²) in [6, 6.07) is 10.0. The molecule has 1 heterocycles. The van der Waals surface area contributed by atoms with E-state index in [2.05, 4.69) is 0 Å². The molecule has 0 aliphatic carbocycles. The third-order valence-electron chi connectivity index (χ3n) is 3.30. The van der Waals surface area contributed by atoms with Crippen LogP contribution >= 0.6 is 11.3 Å². The molecule has 1 amide bonds. The summed E-state index contributed by atoms with van der Waals surface area (Å²) in [6.07, 6.45) is 0. The summed E-state index contributed by atoms with van der Waals surface area (Å²) in [6.45, 7) is 1.75. The lowest BCUT2D eigenvalue weighted by atomic mass is 10.1. The van der Waals surface area contributed by atoms with Crippen molar-refractivity contribution in [3.63, 3.8) is 0 Å². The molecule has 0 spiro atoms. The van der Waals surface area contributed by atoms with Crippen LogP contribution in [0.4, 0.5) is 0 Å². The standard InChI is InChI=1S/C16H17NO4S/c1-11(16(19)20)17(9-12-6-4-3-5-7-12)15(18)14-8-13(21-2)10-22-14/h3-8,10-11H,9H2,1-2H3,(H,19,20)/t11-/m1/s1. The molecule has 0 bridgehead atoms. The second-order valence-electron chi connectivity index (χ2n) is 4.78. The van der Waals surface area contributed by atoms with Crippen molar-refractivity contribution in [3.05, 3.63) is 52.2 Å². The SMILES string of the molecule is COc1csc(C(=O)N(Cc2ccccc2)[C@H](C)C(=O)O)c1. The number of carbonyl (C=O) groups is 2. The number of ether oxygens (including phenoxy) is 1. The fraction of sp³-hybridized carbons (Fsp3) is 0.250. The van der Waals surface area contributed by atoms with E-state index in [1.165, 1.54) is 30.3 Å². The average Bonchev–Trinajstić information content (AvgIpc) is 3.01. The highest BCUT2D eigenvalue weighted by Gasteiger charge is 2.27. The van der Waals surface area contributed by atoms with Gasteiger partial charge in [0.25, 0.3) is 5.91 Å². The van der Waals surface area contributed by atoms with E-state index in [-0.39, 0.29) is 12.5 Å². The van der Waals surface area contributed by atoms with E-state index in [0.29, 0.717) is 10.6 Å². The summed E-state index contributed by atoms with van der Waals surface area (Å²) in [5.74, 6) is -0.754. The quantitative estimate of drug-likeness (QED) is 0.889. The van der Waals surface area contributed by atoms with E-state index in [9.17, 15) is 14.7 Å². The Morgan fingerprint density at radius 1 is 1.32 bits per heavy atom. The van der Waals surface area contributed by atoms with Crippen molar-refractivity contribution in [1.29, 1.82) is 0 Å². The summed E-state index contributed by atoms with van der Waals surface area (Å²) in [5, 5.41) is 11.0. The summed E-state index contributed by atoms with van der Waals surface area (Å²) >= 11 is 1.24. The minimum atomic E-state index is -1.03. The van der Waals surface area contributed by atoms with Crippen LogP contribution in [0.15, 0.2) is 41.8 Å². The monoisotopic (exact) mass is 319 g/mol. The second-order valence-corrected chi connectivity index (χ2v) is 5.69. The molecule has 0 fully saturated rings. The van der Waals surface area contributed by atoms with Crippen molar-refractivity contribution in [2.75, 3.05) is 7.11 Å². The minimum absolute atomic E-state index is 0.243. The molecular weight excluding hydrogens is 302 g/mol. The number of hydrogen-bond acceptors (Lipinski definition) is 4. The van der Waals surface area contributed by atoms with E-state index in [4.69, 9.17) is 4.74 Å². The van der Waals surface area contributed by atoms with E-state index < -0.39 is 12.0 Å². The zero-order chi connectivity index (χ0) is 16.1. The lowest BCUT2D eigenvalue weighted by Crippen LogP contribution is -2.42. The average molecular weight is 319 g/mol. The van der Waals surface area contributed by atoms with Gasteiger partial charge in [0.15, 0.2) is 0 Å². The van der Waals surface area contributed by atoms with Gasteiger partial charge in [-0.1, -0.05) is 30.3 Å². The van der Waals surface area contributed by atoms with Gasteiger partial charge in [-0.2, -0.15) is 0 Å². The fourth-order valence-electron chi connectivity index (χ4n) is 1.98. The number of benzene rings is 1. The maximum Gasteiger partial charge on any atom is 0.326 e. The smallest absolute Gasteiger partial charge is 0.326 e. The normalized spacial score (nSPS) is 11.7. The van der Waals surface area contributed by atoms with Crippen LogP contribution in [0.5, 0.6) is 5.75 Å². The van der Waals surface area contributed by atoms with Gasteiger partial charge in [-0.25, -0.2) is 4.79 Å². The number of amides is 1. The van der Waals surface area contributed by atoms with Gasteiger partial charge in [0.05, 0.1) is 12.0 Å². The van der Waals surface area contributed by atoms with E-state index in [1.807, 2.05) is 30.3 Å². The Hall–Kier alpha value is -2.34. The van der Waals surface area contributed by atoms with Gasteiger partial charge in [-0.3, -0.25) is 4.79 Å². The number of rotatable bonds is 6. The molecule has 2 aromatic rings. The fourth-order valence-corrected chi connectivity index (χ4v) is 2.79. The molecule has 0 radical (unpaired) electrons. The molecular formula is C16H17NO4S. The van der Waals surface area contributed by atoms with Crippen LogP contribution in [0.25, 0.3) is 0 Å². The number of hydrogen-bond donors (Lipinski definition) is 1. The number of carboxylic acid groups (broad SMARTS) is 1. The number of aliphatic carboxylic acids is 1. The Morgan fingerprint density at radius 3 is 2.55 bits per heavy atom. The predicted molar refractivity (Wildman–Crippen MR) is 84.3 cm³/mol. The van der Waals surface area contributed by atoms with Crippen LogP contribution in [0, 0.1) is 0 Å². The van der Waals surface area contributed by atoms with Gasteiger partial charge >= 0.3 is 5.97 Å². The van der Waals surface area contributed by atoms with Crippen LogP contribution in [-0.2, 0) is 11.3 Å². The number of carbonyl (C=O) groups excluding carboxylic acids is 1. The van der Waals surface area contributed by atoms with E-state index in [0.717, 1.165) is 5.56 Å². The van der Waals surface area contributed by atoms with Gasteiger partial charge in [0.2, 0.25) is 0 Å². The third kappa shape index (κ3) is 3.65. The topological polar surface area (TPSA) is 66.8 Å². The highest BCUT2D eigenvalue weighted by Crippen LogP contribution is 2.24. The van der Waals surface area contributed by atoms with Crippen LogP contribution in [0.1, 0.15) is 22.2 Å². The summed E-state index contributed by atoms with van der Waals surface area (Å²) < 4.78 is 5.07. The molecule has 0 saturated heterocycles. The zero-order valence-electron chi connectivity index (χ0n) is 12.4. The van der Waals surface area contributed by atoms with Crippen LogP contribution in [-0.4, -0.2) is 35.0 Å². The third-order valence-corrected chi connectivity index (χ3v) is 4.20. The molecule has 2 rings (SSSR count). The largest absolute Gasteiger partial charge is 0.496 e. The number of methoxy groups -OCH3 is 1. The van der Waals surface area contributed by atoms with Crippen molar-refractivity contribution >= 4 is 23.2 Å². The first-order valence-corrected chi connectivity index (χ1v) is 7.61. The summed E-state index contributed by atoms with van der Waals surface area (Å²) in [5.41, 5.74) is 0.882. The molecule has 0 saturated carbocycles. The Balaban J connectivity index is 2.27. The minimum Gasteiger partial charge on any atom is -0.496 e. The molecule has 1 N–H and O–H groups in total. The second kappa shape index (κ2) is 7.09. The molecule has 116 valence electrons.